The zero-order valence-corrected chi connectivity index (χ0v) is 14.4. The minimum absolute atomic E-state index is 0.0672. The average molecular weight is 359 g/mol. The van der Waals surface area contributed by atoms with Gasteiger partial charge in [0.05, 0.1) is 20.0 Å². The third-order valence-electron chi connectivity index (χ3n) is 2.93. The number of benzene rings is 1. The molecule has 0 radical (unpaired) electrons. The maximum absolute atomic E-state index is 11.8. The smallest absolute Gasteiger partial charge is 0.408 e. The van der Waals surface area contributed by atoms with E-state index in [1.807, 2.05) is 18.2 Å². The van der Waals surface area contributed by atoms with E-state index in [4.69, 9.17) is 4.74 Å². The summed E-state index contributed by atoms with van der Waals surface area (Å²) < 4.78 is 35.9. The lowest BCUT2D eigenvalue weighted by Crippen LogP contribution is -2.41. The first-order valence-corrected chi connectivity index (χ1v) is 9.03. The molecule has 0 bridgehead atoms. The van der Waals surface area contributed by atoms with E-state index in [1.165, 1.54) is 7.11 Å². The zero-order valence-electron chi connectivity index (χ0n) is 13.6. The van der Waals surface area contributed by atoms with Gasteiger partial charge >= 0.3 is 12.1 Å². The number of carbonyl (C=O) groups is 2. The predicted octanol–water partition coefficient (Wildman–Crippen LogP) is 1.21. The van der Waals surface area contributed by atoms with Crippen LogP contribution >= 0.6 is 0 Å². The van der Waals surface area contributed by atoms with Gasteiger partial charge in [0.15, 0.2) is 0 Å². The summed E-state index contributed by atoms with van der Waals surface area (Å²) in [7, 11) is -2.34. The molecule has 0 spiro atoms. The number of nitrogens with one attached hydrogen (secondary N) is 1. The van der Waals surface area contributed by atoms with Crippen LogP contribution in [0.15, 0.2) is 30.3 Å². The third-order valence-corrected chi connectivity index (χ3v) is 3.52. The molecule has 0 aromatic heterocycles. The maximum Gasteiger partial charge on any atom is 0.408 e. The molecule has 0 unspecified atom stereocenters. The summed E-state index contributed by atoms with van der Waals surface area (Å²) in [5.74, 6) is -0.647. The van der Waals surface area contributed by atoms with Gasteiger partial charge in [0.2, 0.25) is 0 Å². The Morgan fingerprint density at radius 2 is 1.88 bits per heavy atom. The molecule has 1 N–H and O–H groups in total. The van der Waals surface area contributed by atoms with E-state index in [2.05, 4.69) is 14.2 Å². The largest absolute Gasteiger partial charge is 0.467 e. The highest BCUT2D eigenvalue weighted by Crippen LogP contribution is 2.04. The second kappa shape index (κ2) is 9.89. The molecular formula is C15H21NO7S. The molecule has 1 rings (SSSR count). The van der Waals surface area contributed by atoms with Gasteiger partial charge in [-0.05, 0) is 18.4 Å². The van der Waals surface area contributed by atoms with Gasteiger partial charge in [-0.25, -0.2) is 9.59 Å². The Bertz CT molecular complexity index is 630. The van der Waals surface area contributed by atoms with E-state index in [1.54, 1.807) is 12.1 Å². The van der Waals surface area contributed by atoms with Crippen LogP contribution in [-0.4, -0.2) is 46.5 Å². The molecule has 0 heterocycles. The number of rotatable bonds is 9. The third kappa shape index (κ3) is 8.49. The first kappa shape index (κ1) is 19.9. The van der Waals surface area contributed by atoms with Crippen molar-refractivity contribution in [2.24, 2.45) is 0 Å². The zero-order chi connectivity index (χ0) is 18.0. The number of amides is 1. The number of hydrogen-bond donors (Lipinski definition) is 1. The molecule has 0 fully saturated rings. The van der Waals surface area contributed by atoms with Crippen LogP contribution in [0.4, 0.5) is 4.79 Å². The maximum atomic E-state index is 11.8. The Balaban J connectivity index is 2.43. The van der Waals surface area contributed by atoms with E-state index in [0.717, 1.165) is 11.8 Å². The molecule has 0 aliphatic rings. The Kier molecular flexibility index (Phi) is 8.20. The molecule has 1 atom stereocenters. The van der Waals surface area contributed by atoms with Crippen LogP contribution in [0, 0.1) is 0 Å². The van der Waals surface area contributed by atoms with Crippen molar-refractivity contribution in [2.75, 3.05) is 20.0 Å². The van der Waals surface area contributed by atoms with Crippen LogP contribution < -0.4 is 5.32 Å². The monoisotopic (exact) mass is 359 g/mol. The van der Waals surface area contributed by atoms with Crippen molar-refractivity contribution >= 4 is 22.2 Å². The lowest BCUT2D eigenvalue weighted by Gasteiger charge is -2.16. The summed E-state index contributed by atoms with van der Waals surface area (Å²) in [4.78, 5) is 23.4. The van der Waals surface area contributed by atoms with Crippen molar-refractivity contribution in [2.45, 2.75) is 25.5 Å². The quantitative estimate of drug-likeness (QED) is 0.401. The van der Waals surface area contributed by atoms with Crippen molar-refractivity contribution < 1.29 is 31.7 Å². The molecule has 9 heteroatoms. The molecule has 1 aromatic carbocycles. The molecule has 24 heavy (non-hydrogen) atoms. The van der Waals surface area contributed by atoms with E-state index in [0.29, 0.717) is 0 Å². The molecule has 8 nitrogen and oxygen atoms in total. The molecule has 134 valence electrons. The van der Waals surface area contributed by atoms with Gasteiger partial charge in [0.25, 0.3) is 10.1 Å². The first-order valence-electron chi connectivity index (χ1n) is 7.21. The van der Waals surface area contributed by atoms with Gasteiger partial charge in [-0.1, -0.05) is 30.3 Å². The van der Waals surface area contributed by atoms with Crippen LogP contribution in [0.5, 0.6) is 0 Å². The van der Waals surface area contributed by atoms with Crippen molar-refractivity contribution in [1.82, 2.24) is 5.32 Å². The molecule has 0 aliphatic carbocycles. The van der Waals surface area contributed by atoms with Crippen LogP contribution in [0.25, 0.3) is 0 Å². The van der Waals surface area contributed by atoms with Gasteiger partial charge in [-0.3, -0.25) is 4.18 Å². The van der Waals surface area contributed by atoms with Crippen molar-refractivity contribution in [3.63, 3.8) is 0 Å². The molecule has 0 aliphatic heterocycles. The molecular weight excluding hydrogens is 338 g/mol. The van der Waals surface area contributed by atoms with Crippen LogP contribution in [0.3, 0.4) is 0 Å². The fourth-order valence-corrected chi connectivity index (χ4v) is 2.22. The van der Waals surface area contributed by atoms with Crippen LogP contribution in [0.2, 0.25) is 0 Å². The summed E-state index contributed by atoms with van der Waals surface area (Å²) in [6, 6.07) is 8.13. The van der Waals surface area contributed by atoms with Crippen molar-refractivity contribution in [3.8, 4) is 0 Å². The highest BCUT2D eigenvalue weighted by Gasteiger charge is 2.22. The Labute approximate surface area is 141 Å². The Morgan fingerprint density at radius 3 is 2.46 bits per heavy atom. The lowest BCUT2D eigenvalue weighted by molar-refractivity contribution is -0.143. The highest BCUT2D eigenvalue weighted by molar-refractivity contribution is 7.85. The normalized spacial score (nSPS) is 12.2. The minimum atomic E-state index is -3.54. The standard InChI is InChI=1S/C15H21NO7S/c1-21-14(17)13(9-6-10-23-24(2,19)20)16-15(18)22-11-12-7-4-3-5-8-12/h3-5,7-8,13H,6,9-11H2,1-2H3,(H,16,18)/t13-/m0/s1. The fourth-order valence-electron chi connectivity index (χ4n) is 1.80. The van der Waals surface area contributed by atoms with Crippen molar-refractivity contribution in [3.05, 3.63) is 35.9 Å². The van der Waals surface area contributed by atoms with Gasteiger partial charge < -0.3 is 14.8 Å². The number of ether oxygens (including phenoxy) is 2. The molecule has 1 aromatic rings. The SMILES string of the molecule is COC(=O)[C@H](CCCOS(C)(=O)=O)NC(=O)OCc1ccccc1. The number of hydrogen-bond acceptors (Lipinski definition) is 7. The predicted molar refractivity (Wildman–Crippen MR) is 85.6 cm³/mol. The fraction of sp³-hybridized carbons (Fsp3) is 0.467. The van der Waals surface area contributed by atoms with Crippen molar-refractivity contribution in [1.29, 1.82) is 0 Å². The van der Waals surface area contributed by atoms with E-state index in [-0.39, 0.29) is 26.1 Å². The van der Waals surface area contributed by atoms with E-state index in [9.17, 15) is 18.0 Å². The van der Waals surface area contributed by atoms with Gasteiger partial charge in [-0.2, -0.15) is 8.42 Å². The second-order valence-corrected chi connectivity index (χ2v) is 6.59. The summed E-state index contributed by atoms with van der Waals surface area (Å²) in [6.07, 6.45) is 0.566. The van der Waals surface area contributed by atoms with Gasteiger partial charge in [-0.15, -0.1) is 0 Å². The molecule has 0 saturated heterocycles. The van der Waals surface area contributed by atoms with E-state index >= 15 is 0 Å². The first-order chi connectivity index (χ1) is 11.3. The average Bonchev–Trinajstić information content (AvgIpc) is 2.55. The number of carbonyl (C=O) groups excluding carboxylic acids is 2. The Hall–Kier alpha value is -2.13. The topological polar surface area (TPSA) is 108 Å². The number of methoxy groups -OCH3 is 1. The molecule has 1 amide bonds. The summed E-state index contributed by atoms with van der Waals surface area (Å²) in [5.41, 5.74) is 0.809. The summed E-state index contributed by atoms with van der Waals surface area (Å²) >= 11 is 0. The number of esters is 1. The van der Waals surface area contributed by atoms with E-state index < -0.39 is 28.2 Å². The molecule has 0 saturated carbocycles. The van der Waals surface area contributed by atoms with Crippen LogP contribution in [0.1, 0.15) is 18.4 Å². The minimum Gasteiger partial charge on any atom is -0.467 e. The van der Waals surface area contributed by atoms with Gasteiger partial charge in [0.1, 0.15) is 12.6 Å². The summed E-state index contributed by atoms with van der Waals surface area (Å²) in [6.45, 7) is -0.0230. The van der Waals surface area contributed by atoms with Gasteiger partial charge in [0, 0.05) is 0 Å². The number of alkyl carbamates (subject to hydrolysis) is 1. The lowest BCUT2D eigenvalue weighted by atomic mass is 10.1. The highest BCUT2D eigenvalue weighted by atomic mass is 32.2. The van der Waals surface area contributed by atoms with Crippen LogP contribution in [-0.2, 0) is 35.2 Å². The summed E-state index contributed by atoms with van der Waals surface area (Å²) in [5, 5.41) is 2.39. The second-order valence-electron chi connectivity index (χ2n) is 4.95. The Morgan fingerprint density at radius 1 is 1.21 bits per heavy atom.